The van der Waals surface area contributed by atoms with Gasteiger partial charge in [0.25, 0.3) is 5.91 Å². The van der Waals surface area contributed by atoms with E-state index in [9.17, 15) is 14.4 Å². The molecule has 0 atom stereocenters. The minimum atomic E-state index is -1.18. The van der Waals surface area contributed by atoms with Crippen LogP contribution in [-0.2, 0) is 16.6 Å². The van der Waals surface area contributed by atoms with Crippen molar-refractivity contribution in [3.63, 3.8) is 0 Å². The number of aromatic carboxylic acids is 1. The van der Waals surface area contributed by atoms with Crippen LogP contribution in [-0.4, -0.2) is 57.3 Å². The Hall–Kier alpha value is -2.38. The zero-order valence-corrected chi connectivity index (χ0v) is 12.6. The molecule has 120 valence electrons. The summed E-state index contributed by atoms with van der Waals surface area (Å²) in [6.45, 7) is 2.89. The highest BCUT2D eigenvalue weighted by atomic mass is 16.5. The van der Waals surface area contributed by atoms with Gasteiger partial charge < -0.3 is 14.7 Å². The molecule has 2 heterocycles. The van der Waals surface area contributed by atoms with E-state index < -0.39 is 5.97 Å². The summed E-state index contributed by atoms with van der Waals surface area (Å²) in [7, 11) is 1.53. The van der Waals surface area contributed by atoms with Gasteiger partial charge in [0.15, 0.2) is 0 Å². The number of nitrogens with zero attached hydrogens (tertiary/aromatic N) is 3. The zero-order valence-electron chi connectivity index (χ0n) is 12.6. The Labute approximate surface area is 127 Å². The summed E-state index contributed by atoms with van der Waals surface area (Å²) < 4.78 is 6.25. The number of carboxylic acid groups (broad SMARTS) is 1. The van der Waals surface area contributed by atoms with Gasteiger partial charge in [-0.05, 0) is 19.8 Å². The molecule has 1 saturated heterocycles. The fraction of sp³-hybridized carbons (Fsp3) is 0.571. The zero-order chi connectivity index (χ0) is 16.3. The van der Waals surface area contributed by atoms with E-state index in [0.717, 1.165) is 0 Å². The largest absolute Gasteiger partial charge is 0.478 e. The highest BCUT2D eigenvalue weighted by Gasteiger charge is 2.31. The first-order valence-electron chi connectivity index (χ1n) is 7.16. The molecule has 2 rings (SSSR count). The first-order valence-corrected chi connectivity index (χ1v) is 7.16. The van der Waals surface area contributed by atoms with E-state index >= 15 is 0 Å². The van der Waals surface area contributed by atoms with E-state index in [2.05, 4.69) is 5.10 Å². The summed E-state index contributed by atoms with van der Waals surface area (Å²) in [5, 5.41) is 13.0. The van der Waals surface area contributed by atoms with Crippen molar-refractivity contribution in [2.45, 2.75) is 19.8 Å². The number of carboxylic acids is 1. The molecule has 1 aliphatic heterocycles. The molecular weight excluding hydrogens is 290 g/mol. The summed E-state index contributed by atoms with van der Waals surface area (Å²) in [6.07, 6.45) is 2.20. The molecule has 0 aromatic carbocycles. The van der Waals surface area contributed by atoms with Crippen molar-refractivity contribution in [1.29, 1.82) is 0 Å². The van der Waals surface area contributed by atoms with Crippen LogP contribution >= 0.6 is 0 Å². The van der Waals surface area contributed by atoms with Crippen LogP contribution < -0.4 is 0 Å². The van der Waals surface area contributed by atoms with Crippen molar-refractivity contribution in [2.75, 3.05) is 19.7 Å². The molecule has 0 spiro atoms. The van der Waals surface area contributed by atoms with Gasteiger partial charge in [0.2, 0.25) is 0 Å². The lowest BCUT2D eigenvalue weighted by molar-refractivity contribution is -0.149. The van der Waals surface area contributed by atoms with Crippen molar-refractivity contribution < 1.29 is 24.2 Å². The number of carbonyl (C=O) groups excluding carboxylic acids is 2. The summed E-state index contributed by atoms with van der Waals surface area (Å²) in [6, 6.07) is 0. The van der Waals surface area contributed by atoms with Crippen LogP contribution in [0.5, 0.6) is 0 Å². The van der Waals surface area contributed by atoms with Gasteiger partial charge in [-0.1, -0.05) is 0 Å². The number of ether oxygens (including phenoxy) is 1. The maximum Gasteiger partial charge on any atom is 0.339 e. The van der Waals surface area contributed by atoms with Crippen molar-refractivity contribution in [3.05, 3.63) is 17.5 Å². The van der Waals surface area contributed by atoms with E-state index in [4.69, 9.17) is 9.84 Å². The Kier molecular flexibility index (Phi) is 4.79. The highest BCUT2D eigenvalue weighted by molar-refractivity contribution is 6.03. The number of aromatic nitrogens is 2. The second kappa shape index (κ2) is 6.59. The fourth-order valence-electron chi connectivity index (χ4n) is 2.58. The predicted molar refractivity (Wildman–Crippen MR) is 75.4 cm³/mol. The van der Waals surface area contributed by atoms with Gasteiger partial charge in [-0.2, -0.15) is 5.10 Å². The quantitative estimate of drug-likeness (QED) is 0.814. The molecule has 1 aromatic heterocycles. The molecular formula is C14H19N3O5. The van der Waals surface area contributed by atoms with Gasteiger partial charge in [-0.15, -0.1) is 0 Å². The molecule has 0 aliphatic carbocycles. The van der Waals surface area contributed by atoms with Crippen LogP contribution in [0, 0.1) is 5.92 Å². The molecule has 22 heavy (non-hydrogen) atoms. The lowest BCUT2D eigenvalue weighted by atomic mass is 9.96. The molecule has 0 bridgehead atoms. The molecule has 1 aliphatic rings. The van der Waals surface area contributed by atoms with Crippen LogP contribution in [0.1, 0.15) is 40.6 Å². The number of rotatable bonds is 4. The summed E-state index contributed by atoms with van der Waals surface area (Å²) >= 11 is 0. The predicted octanol–water partition coefficient (Wildman–Crippen LogP) is 0.534. The van der Waals surface area contributed by atoms with E-state index in [1.54, 1.807) is 11.8 Å². The molecule has 1 N–H and O–H groups in total. The number of hydrogen-bond acceptors (Lipinski definition) is 5. The second-order valence-corrected chi connectivity index (χ2v) is 5.15. The maximum atomic E-state index is 12.5. The normalized spacial score (nSPS) is 15.6. The minimum absolute atomic E-state index is 0.0575. The summed E-state index contributed by atoms with van der Waals surface area (Å²) in [5.41, 5.74) is -0.0536. The number of aryl methyl sites for hydroxylation is 1. The van der Waals surface area contributed by atoms with Crippen LogP contribution in [0.4, 0.5) is 0 Å². The third-order valence-corrected chi connectivity index (χ3v) is 3.77. The minimum Gasteiger partial charge on any atom is -0.478 e. The molecule has 0 radical (unpaired) electrons. The molecule has 0 saturated carbocycles. The molecule has 8 heteroatoms. The third-order valence-electron chi connectivity index (χ3n) is 3.77. The van der Waals surface area contributed by atoms with E-state index in [1.165, 1.54) is 17.9 Å². The van der Waals surface area contributed by atoms with Crippen LogP contribution in [0.25, 0.3) is 0 Å². The van der Waals surface area contributed by atoms with Crippen molar-refractivity contribution in [3.8, 4) is 0 Å². The van der Waals surface area contributed by atoms with Gasteiger partial charge in [-0.3, -0.25) is 14.3 Å². The van der Waals surface area contributed by atoms with E-state index in [1.807, 2.05) is 0 Å². The number of carbonyl (C=O) groups is 3. The number of amides is 1. The first kappa shape index (κ1) is 16.0. The van der Waals surface area contributed by atoms with Gasteiger partial charge in [0.1, 0.15) is 11.3 Å². The Bertz CT molecular complexity index is 587. The van der Waals surface area contributed by atoms with Crippen LogP contribution in [0.15, 0.2) is 6.20 Å². The fourth-order valence-corrected chi connectivity index (χ4v) is 2.58. The average Bonchev–Trinajstić information content (AvgIpc) is 2.89. The Balaban J connectivity index is 2.06. The number of esters is 1. The summed E-state index contributed by atoms with van der Waals surface area (Å²) in [5.74, 6) is -1.99. The van der Waals surface area contributed by atoms with Crippen molar-refractivity contribution in [1.82, 2.24) is 14.7 Å². The monoisotopic (exact) mass is 309 g/mol. The number of likely N-dealkylation sites (tertiary alicyclic amines) is 1. The van der Waals surface area contributed by atoms with Crippen molar-refractivity contribution in [2.24, 2.45) is 13.0 Å². The summed E-state index contributed by atoms with van der Waals surface area (Å²) in [4.78, 5) is 36.9. The Morgan fingerprint density at radius 3 is 2.55 bits per heavy atom. The van der Waals surface area contributed by atoms with Crippen LogP contribution in [0.2, 0.25) is 0 Å². The SMILES string of the molecule is CCOC(=O)C1CCN(C(=O)c2c(C(=O)O)cnn2C)CC1. The lowest BCUT2D eigenvalue weighted by Crippen LogP contribution is -2.41. The standard InChI is InChI=1S/C14H19N3O5/c1-3-22-14(21)9-4-6-17(7-5-9)12(18)11-10(13(19)20)8-15-16(11)2/h8-9H,3-7H2,1-2H3,(H,19,20). The molecule has 1 amide bonds. The van der Waals surface area contributed by atoms with Gasteiger partial charge in [-0.25, -0.2) is 4.79 Å². The number of hydrogen-bond donors (Lipinski definition) is 1. The average molecular weight is 309 g/mol. The molecule has 8 nitrogen and oxygen atoms in total. The van der Waals surface area contributed by atoms with Gasteiger partial charge >= 0.3 is 11.9 Å². The smallest absolute Gasteiger partial charge is 0.339 e. The highest BCUT2D eigenvalue weighted by Crippen LogP contribution is 2.21. The van der Waals surface area contributed by atoms with Gasteiger partial charge in [0, 0.05) is 20.1 Å². The molecule has 0 unspecified atom stereocenters. The Morgan fingerprint density at radius 1 is 1.36 bits per heavy atom. The van der Waals surface area contributed by atoms with E-state index in [0.29, 0.717) is 32.5 Å². The second-order valence-electron chi connectivity index (χ2n) is 5.15. The maximum absolute atomic E-state index is 12.5. The molecule has 1 fully saturated rings. The molecule has 1 aromatic rings. The van der Waals surface area contributed by atoms with Gasteiger partial charge in [0.05, 0.1) is 18.7 Å². The Morgan fingerprint density at radius 2 is 2.00 bits per heavy atom. The lowest BCUT2D eigenvalue weighted by Gasteiger charge is -2.30. The van der Waals surface area contributed by atoms with Crippen LogP contribution in [0.3, 0.4) is 0 Å². The van der Waals surface area contributed by atoms with Crippen molar-refractivity contribution >= 4 is 17.8 Å². The van der Waals surface area contributed by atoms with E-state index in [-0.39, 0.29) is 29.1 Å². The topological polar surface area (TPSA) is 102 Å². The number of piperidine rings is 1. The third kappa shape index (κ3) is 3.10. The first-order chi connectivity index (χ1) is 10.5.